The molecule has 34 heavy (non-hydrogen) atoms. The topological polar surface area (TPSA) is 68.3 Å². The summed E-state index contributed by atoms with van der Waals surface area (Å²) < 4.78 is 0. The van der Waals surface area contributed by atoms with Gasteiger partial charge in [-0.1, -0.05) is 24.3 Å². The molecule has 0 spiro atoms. The maximum atomic E-state index is 12.3. The molecular formula is C30H24O4. The van der Waals surface area contributed by atoms with Crippen LogP contribution in [0.3, 0.4) is 0 Å². The van der Waals surface area contributed by atoms with Crippen LogP contribution in [0.2, 0.25) is 0 Å². The Kier molecular flexibility index (Phi) is 3.64. The Labute approximate surface area is 197 Å². The van der Waals surface area contributed by atoms with Gasteiger partial charge in [0.05, 0.1) is 0 Å². The van der Waals surface area contributed by atoms with Gasteiger partial charge in [-0.3, -0.25) is 19.2 Å². The fraction of sp³-hybridized carbons (Fsp3) is 0.333. The average molecular weight is 449 g/mol. The highest BCUT2D eigenvalue weighted by Crippen LogP contribution is 2.80. The van der Waals surface area contributed by atoms with Crippen LogP contribution in [0.4, 0.5) is 0 Å². The molecule has 8 aliphatic rings. The number of rotatable bonds is 4. The minimum absolute atomic E-state index is 0.0170. The SMILES string of the molecule is O=C1C=CC(C23CC4(C5=CC(=O)C=C5)CC(C5=CC(=O)C=C5)(C2)CC(C2=CC(=O)C=C2)(C3)C4)=C1. The maximum absolute atomic E-state index is 12.3. The van der Waals surface area contributed by atoms with E-state index in [1.165, 1.54) is 0 Å². The monoisotopic (exact) mass is 448 g/mol. The van der Waals surface area contributed by atoms with Crippen LogP contribution in [0.5, 0.6) is 0 Å². The summed E-state index contributed by atoms with van der Waals surface area (Å²) in [6.45, 7) is 0. The van der Waals surface area contributed by atoms with Gasteiger partial charge in [-0.05, 0) is 131 Å². The quantitative estimate of drug-likeness (QED) is 0.632. The van der Waals surface area contributed by atoms with Crippen molar-refractivity contribution in [3.8, 4) is 0 Å². The number of ketones is 4. The number of hydrogen-bond acceptors (Lipinski definition) is 4. The predicted octanol–water partition coefficient (Wildman–Crippen LogP) is 4.57. The van der Waals surface area contributed by atoms with Crippen LogP contribution in [0, 0.1) is 21.7 Å². The standard InChI is InChI=1S/C30H24O4/c31-23-5-1-19(9-23)27-13-28(20-2-6-24(32)10-20)16-29(14-27,21-3-7-25(33)11-21)18-30(15-27,17-28)22-4-8-26(34)12-22/h1-12H,13-18H2. The molecule has 0 amide bonds. The summed E-state index contributed by atoms with van der Waals surface area (Å²) in [6, 6.07) is 0. The Bertz CT molecular complexity index is 1130. The molecule has 0 aromatic carbocycles. The fourth-order valence-corrected chi connectivity index (χ4v) is 8.87. The van der Waals surface area contributed by atoms with E-state index in [2.05, 4.69) is 0 Å². The van der Waals surface area contributed by atoms with Gasteiger partial charge in [-0.25, -0.2) is 0 Å². The summed E-state index contributed by atoms with van der Waals surface area (Å²) in [5, 5.41) is 0. The molecule has 0 aliphatic heterocycles. The first kappa shape index (κ1) is 20.0. The molecule has 0 N–H and O–H groups in total. The molecule has 4 nitrogen and oxygen atoms in total. The normalized spacial score (nSPS) is 41.2. The molecule has 0 atom stereocenters. The molecule has 0 aromatic heterocycles. The molecule has 0 radical (unpaired) electrons. The molecular weight excluding hydrogens is 424 g/mol. The number of carbonyl (C=O) groups excluding carboxylic acids is 4. The van der Waals surface area contributed by atoms with Crippen molar-refractivity contribution in [2.24, 2.45) is 21.7 Å². The van der Waals surface area contributed by atoms with E-state index in [1.807, 2.05) is 24.3 Å². The van der Waals surface area contributed by atoms with Gasteiger partial charge in [-0.2, -0.15) is 0 Å². The average Bonchev–Trinajstić information content (AvgIpc) is 3.56. The Morgan fingerprint density at radius 1 is 0.353 bits per heavy atom. The summed E-state index contributed by atoms with van der Waals surface area (Å²) in [4.78, 5) is 49.3. The van der Waals surface area contributed by atoms with Crippen LogP contribution in [0.1, 0.15) is 38.5 Å². The molecule has 0 heterocycles. The van der Waals surface area contributed by atoms with Crippen LogP contribution >= 0.6 is 0 Å². The lowest BCUT2D eigenvalue weighted by atomic mass is 9.31. The second-order valence-electron chi connectivity index (χ2n) is 11.5. The Morgan fingerprint density at radius 2 is 0.559 bits per heavy atom. The van der Waals surface area contributed by atoms with Crippen LogP contribution in [-0.2, 0) is 19.2 Å². The minimum Gasteiger partial charge on any atom is -0.290 e. The summed E-state index contributed by atoms with van der Waals surface area (Å²) in [6.07, 6.45) is 26.8. The van der Waals surface area contributed by atoms with Crippen LogP contribution in [0.25, 0.3) is 0 Å². The Hall–Kier alpha value is -3.40. The molecule has 4 fully saturated rings. The van der Waals surface area contributed by atoms with E-state index in [0.29, 0.717) is 0 Å². The maximum Gasteiger partial charge on any atom is 0.178 e. The fourth-order valence-electron chi connectivity index (χ4n) is 8.87. The van der Waals surface area contributed by atoms with Gasteiger partial charge in [0, 0.05) is 0 Å². The third-order valence-corrected chi connectivity index (χ3v) is 9.41. The lowest BCUT2D eigenvalue weighted by molar-refractivity contribution is -0.143. The van der Waals surface area contributed by atoms with Crippen molar-refractivity contribution in [2.75, 3.05) is 0 Å². The zero-order valence-electron chi connectivity index (χ0n) is 18.8. The highest BCUT2D eigenvalue weighted by atomic mass is 16.1. The van der Waals surface area contributed by atoms with E-state index in [4.69, 9.17) is 0 Å². The molecule has 4 saturated carbocycles. The Balaban J connectivity index is 1.50. The second-order valence-corrected chi connectivity index (χ2v) is 11.5. The van der Waals surface area contributed by atoms with Crippen molar-refractivity contribution in [2.45, 2.75) is 38.5 Å². The molecule has 0 saturated heterocycles. The third-order valence-electron chi connectivity index (χ3n) is 9.41. The molecule has 4 bridgehead atoms. The van der Waals surface area contributed by atoms with Crippen molar-refractivity contribution in [3.05, 3.63) is 95.2 Å². The van der Waals surface area contributed by atoms with E-state index in [9.17, 15) is 19.2 Å². The van der Waals surface area contributed by atoms with Crippen LogP contribution < -0.4 is 0 Å². The summed E-state index contributed by atoms with van der Waals surface area (Å²) in [5.74, 6) is 0.0680. The molecule has 8 rings (SSSR count). The highest BCUT2D eigenvalue weighted by molar-refractivity contribution is 6.05. The summed E-state index contributed by atoms with van der Waals surface area (Å²) in [7, 11) is 0. The van der Waals surface area contributed by atoms with Gasteiger partial charge in [0.25, 0.3) is 0 Å². The molecule has 168 valence electrons. The van der Waals surface area contributed by atoms with Gasteiger partial charge >= 0.3 is 0 Å². The van der Waals surface area contributed by atoms with Crippen molar-refractivity contribution in [1.29, 1.82) is 0 Å². The zero-order valence-corrected chi connectivity index (χ0v) is 18.8. The first-order chi connectivity index (χ1) is 16.2. The van der Waals surface area contributed by atoms with E-state index in [1.54, 1.807) is 48.6 Å². The van der Waals surface area contributed by atoms with E-state index in [-0.39, 0.29) is 44.8 Å². The number of allylic oxidation sites excluding steroid dienone is 16. The van der Waals surface area contributed by atoms with E-state index in [0.717, 1.165) is 60.8 Å². The zero-order chi connectivity index (χ0) is 23.3. The van der Waals surface area contributed by atoms with Crippen molar-refractivity contribution in [3.63, 3.8) is 0 Å². The molecule has 0 unspecified atom stereocenters. The van der Waals surface area contributed by atoms with Crippen LogP contribution in [-0.4, -0.2) is 23.1 Å². The lowest BCUT2D eigenvalue weighted by Gasteiger charge is -2.72. The van der Waals surface area contributed by atoms with Gasteiger partial charge in [0.1, 0.15) is 0 Å². The minimum atomic E-state index is -0.266. The second kappa shape index (κ2) is 6.18. The predicted molar refractivity (Wildman–Crippen MR) is 126 cm³/mol. The first-order valence-electron chi connectivity index (χ1n) is 12.0. The number of carbonyl (C=O) groups is 4. The van der Waals surface area contributed by atoms with Crippen molar-refractivity contribution < 1.29 is 19.2 Å². The lowest BCUT2D eigenvalue weighted by Crippen LogP contribution is -2.62. The highest BCUT2D eigenvalue weighted by Gasteiger charge is 2.70. The van der Waals surface area contributed by atoms with Gasteiger partial charge in [-0.15, -0.1) is 0 Å². The smallest absolute Gasteiger partial charge is 0.178 e. The molecule has 0 aromatic rings. The summed E-state index contributed by atoms with van der Waals surface area (Å²) in [5.41, 5.74) is 3.18. The molecule has 8 aliphatic carbocycles. The first-order valence-corrected chi connectivity index (χ1v) is 12.0. The third kappa shape index (κ3) is 2.54. The van der Waals surface area contributed by atoms with Crippen molar-refractivity contribution >= 4 is 23.1 Å². The largest absolute Gasteiger partial charge is 0.290 e. The van der Waals surface area contributed by atoms with Gasteiger partial charge in [0.2, 0.25) is 0 Å². The van der Waals surface area contributed by atoms with Crippen molar-refractivity contribution in [1.82, 2.24) is 0 Å². The van der Waals surface area contributed by atoms with E-state index < -0.39 is 0 Å². The van der Waals surface area contributed by atoms with Gasteiger partial charge < -0.3 is 0 Å². The summed E-state index contributed by atoms with van der Waals surface area (Å²) >= 11 is 0. The van der Waals surface area contributed by atoms with E-state index >= 15 is 0 Å². The Morgan fingerprint density at radius 3 is 0.706 bits per heavy atom. The van der Waals surface area contributed by atoms with Gasteiger partial charge in [0.15, 0.2) is 23.1 Å². The molecule has 4 heteroatoms. The van der Waals surface area contributed by atoms with Crippen LogP contribution in [0.15, 0.2) is 95.2 Å². The number of hydrogen-bond donors (Lipinski definition) is 0.